The molecule has 0 unspecified atom stereocenters. The first-order valence-electron chi connectivity index (χ1n) is 7.31. The maximum atomic E-state index is 5.99. The normalized spacial score (nSPS) is 30.0. The molecule has 0 aromatic heterocycles. The summed E-state index contributed by atoms with van der Waals surface area (Å²) in [7, 11) is 0. The Hall–Kier alpha value is -2.12. The summed E-state index contributed by atoms with van der Waals surface area (Å²) < 4.78 is 18.0. The second-order valence-corrected chi connectivity index (χ2v) is 5.79. The van der Waals surface area contributed by atoms with E-state index >= 15 is 0 Å². The Morgan fingerprint density at radius 3 is 1.91 bits per heavy atom. The van der Waals surface area contributed by atoms with Crippen molar-refractivity contribution in [1.29, 1.82) is 0 Å². The van der Waals surface area contributed by atoms with Gasteiger partial charge in [0.1, 0.15) is 0 Å². The monoisotopic (exact) mass is 292 g/mol. The van der Waals surface area contributed by atoms with Crippen molar-refractivity contribution in [2.75, 3.05) is 19.8 Å². The number of hydrogen-bond donors (Lipinski definition) is 0. The zero-order valence-electron chi connectivity index (χ0n) is 12.1. The van der Waals surface area contributed by atoms with Gasteiger partial charge in [0.15, 0.2) is 0 Å². The summed E-state index contributed by atoms with van der Waals surface area (Å²) in [6, 6.07) is 17.8. The largest absolute Gasteiger partial charge is 0.322 e. The number of fused-ring (bicyclic) bond motifs is 3. The Bertz CT molecular complexity index is 688. The molecule has 3 aliphatic heterocycles. The second kappa shape index (κ2) is 4.96. The number of ether oxygens (including phenoxy) is 3. The van der Waals surface area contributed by atoms with Crippen molar-refractivity contribution in [3.63, 3.8) is 0 Å². The average molecular weight is 292 g/mol. The van der Waals surface area contributed by atoms with E-state index in [2.05, 4.69) is 18.1 Å². The van der Waals surface area contributed by atoms with Crippen LogP contribution in [0.5, 0.6) is 0 Å². The summed E-state index contributed by atoms with van der Waals surface area (Å²) in [6.45, 7) is 1.73. The van der Waals surface area contributed by atoms with Crippen molar-refractivity contribution in [3.8, 4) is 12.3 Å². The summed E-state index contributed by atoms with van der Waals surface area (Å²) in [5.41, 5.74) is 2.63. The highest BCUT2D eigenvalue weighted by Gasteiger charge is 2.54. The molecule has 0 aliphatic carbocycles. The van der Waals surface area contributed by atoms with Gasteiger partial charge >= 0.3 is 5.97 Å². The third-order valence-electron chi connectivity index (χ3n) is 4.41. The van der Waals surface area contributed by atoms with Gasteiger partial charge in [0.05, 0.1) is 25.2 Å². The molecule has 110 valence electrons. The van der Waals surface area contributed by atoms with E-state index in [0.717, 1.165) is 11.1 Å². The Labute approximate surface area is 129 Å². The fourth-order valence-corrected chi connectivity index (χ4v) is 3.01. The zero-order valence-corrected chi connectivity index (χ0v) is 12.1. The summed E-state index contributed by atoms with van der Waals surface area (Å²) >= 11 is 0. The van der Waals surface area contributed by atoms with Crippen molar-refractivity contribution < 1.29 is 14.2 Å². The minimum Gasteiger partial charge on any atom is -0.322 e. The van der Waals surface area contributed by atoms with E-state index in [1.54, 1.807) is 0 Å². The molecule has 0 atom stereocenters. The zero-order chi connectivity index (χ0) is 15.0. The lowest BCUT2D eigenvalue weighted by Gasteiger charge is -2.52. The molecule has 0 saturated carbocycles. The Balaban J connectivity index is 1.61. The average Bonchev–Trinajstić information content (AvgIpc) is 2.64. The highest BCUT2D eigenvalue weighted by atomic mass is 16.9. The van der Waals surface area contributed by atoms with Crippen molar-refractivity contribution in [1.82, 2.24) is 0 Å². The molecule has 3 heteroatoms. The van der Waals surface area contributed by atoms with Gasteiger partial charge in [0, 0.05) is 11.1 Å². The van der Waals surface area contributed by atoms with Crippen LogP contribution in [0, 0.1) is 12.3 Å². The van der Waals surface area contributed by atoms with Crippen LogP contribution in [0.4, 0.5) is 0 Å². The van der Waals surface area contributed by atoms with Gasteiger partial charge in [-0.2, -0.15) is 0 Å². The molecule has 2 aromatic carbocycles. The molecule has 3 saturated heterocycles. The van der Waals surface area contributed by atoms with Crippen molar-refractivity contribution in [2.24, 2.45) is 0 Å². The van der Waals surface area contributed by atoms with Crippen LogP contribution in [0.3, 0.4) is 0 Å². The Kier molecular flexibility index (Phi) is 3.05. The summed E-state index contributed by atoms with van der Waals surface area (Å²) in [5, 5.41) is 0. The predicted octanol–water partition coefficient (Wildman–Crippen LogP) is 2.79. The van der Waals surface area contributed by atoms with Crippen molar-refractivity contribution in [3.05, 3.63) is 71.3 Å². The fourth-order valence-electron chi connectivity index (χ4n) is 3.01. The topological polar surface area (TPSA) is 27.7 Å². The predicted molar refractivity (Wildman–Crippen MR) is 82.0 cm³/mol. The number of benzene rings is 2. The summed E-state index contributed by atoms with van der Waals surface area (Å²) in [4.78, 5) is 0. The van der Waals surface area contributed by atoms with E-state index in [-0.39, 0.29) is 5.41 Å². The molecule has 3 aliphatic rings. The Morgan fingerprint density at radius 1 is 0.773 bits per heavy atom. The van der Waals surface area contributed by atoms with Crippen LogP contribution >= 0.6 is 0 Å². The fraction of sp³-hybridized carbons (Fsp3) is 0.263. The van der Waals surface area contributed by atoms with Crippen LogP contribution in [0.15, 0.2) is 54.6 Å². The molecular formula is C19H16O3. The first kappa shape index (κ1) is 13.5. The van der Waals surface area contributed by atoms with Gasteiger partial charge in [-0.3, -0.25) is 0 Å². The van der Waals surface area contributed by atoms with Crippen LogP contribution in [0.2, 0.25) is 0 Å². The minimum atomic E-state index is -1.09. The van der Waals surface area contributed by atoms with Gasteiger partial charge in [-0.05, 0) is 29.8 Å². The van der Waals surface area contributed by atoms with Gasteiger partial charge < -0.3 is 14.2 Å². The van der Waals surface area contributed by atoms with E-state index < -0.39 is 5.97 Å². The smallest absolute Gasteiger partial charge is 0.312 e. The summed E-state index contributed by atoms with van der Waals surface area (Å²) in [5.74, 6) is 1.51. The van der Waals surface area contributed by atoms with E-state index in [4.69, 9.17) is 20.6 Å². The van der Waals surface area contributed by atoms with E-state index in [1.807, 2.05) is 42.5 Å². The molecule has 22 heavy (non-hydrogen) atoms. The first-order valence-corrected chi connectivity index (χ1v) is 7.31. The maximum absolute atomic E-state index is 5.99. The molecule has 0 spiro atoms. The van der Waals surface area contributed by atoms with Gasteiger partial charge in [-0.1, -0.05) is 36.3 Å². The molecule has 0 N–H and O–H groups in total. The van der Waals surface area contributed by atoms with Crippen molar-refractivity contribution >= 4 is 0 Å². The minimum absolute atomic E-state index is 0.220. The molecule has 5 rings (SSSR count). The van der Waals surface area contributed by atoms with Gasteiger partial charge in [0.25, 0.3) is 0 Å². The quantitative estimate of drug-likeness (QED) is 0.797. The lowest BCUT2D eigenvalue weighted by Crippen LogP contribution is -2.60. The molecule has 0 radical (unpaired) electrons. The van der Waals surface area contributed by atoms with Crippen LogP contribution in [0.25, 0.3) is 0 Å². The number of rotatable bonds is 2. The maximum Gasteiger partial charge on any atom is 0.312 e. The summed E-state index contributed by atoms with van der Waals surface area (Å²) in [6.07, 6.45) is 5.39. The third kappa shape index (κ3) is 1.97. The first-order chi connectivity index (χ1) is 10.8. The van der Waals surface area contributed by atoms with Crippen LogP contribution < -0.4 is 0 Å². The molecule has 3 nitrogen and oxygen atoms in total. The van der Waals surface area contributed by atoms with E-state index in [9.17, 15) is 0 Å². The second-order valence-electron chi connectivity index (χ2n) is 5.79. The lowest BCUT2D eigenvalue weighted by atomic mass is 9.81. The lowest BCUT2D eigenvalue weighted by molar-refractivity contribution is -0.466. The highest BCUT2D eigenvalue weighted by Crippen LogP contribution is 2.45. The molecular weight excluding hydrogens is 276 g/mol. The van der Waals surface area contributed by atoms with Gasteiger partial charge in [-0.25, -0.2) is 0 Å². The highest BCUT2D eigenvalue weighted by molar-refractivity contribution is 5.36. The standard InChI is InChI=1S/C19H16O3/c1-2-15-8-10-17(11-9-15)19-20-12-18(13-21-19,14-22-19)16-6-4-3-5-7-16/h1,3-11H,12-14H2. The molecule has 0 amide bonds. The third-order valence-corrected chi connectivity index (χ3v) is 4.41. The van der Waals surface area contributed by atoms with Crippen LogP contribution in [0.1, 0.15) is 16.7 Å². The Morgan fingerprint density at radius 2 is 1.36 bits per heavy atom. The van der Waals surface area contributed by atoms with Crippen LogP contribution in [-0.4, -0.2) is 19.8 Å². The van der Waals surface area contributed by atoms with E-state index in [0.29, 0.717) is 19.8 Å². The molecule has 2 aromatic rings. The molecule has 3 fully saturated rings. The van der Waals surface area contributed by atoms with Gasteiger partial charge in [0.2, 0.25) is 0 Å². The van der Waals surface area contributed by atoms with E-state index in [1.165, 1.54) is 5.56 Å². The number of terminal acetylenes is 1. The van der Waals surface area contributed by atoms with Crippen molar-refractivity contribution in [2.45, 2.75) is 11.4 Å². The molecule has 3 heterocycles. The van der Waals surface area contributed by atoms with Gasteiger partial charge in [-0.15, -0.1) is 6.42 Å². The molecule has 2 bridgehead atoms. The SMILES string of the molecule is C#Cc1ccc(C23OCC(c4ccccc4)(CO2)CO3)cc1. The number of hydrogen-bond acceptors (Lipinski definition) is 3. The van der Waals surface area contributed by atoms with Crippen LogP contribution in [-0.2, 0) is 25.6 Å².